The van der Waals surface area contributed by atoms with E-state index in [1.54, 1.807) is 11.0 Å². The smallest absolute Gasteiger partial charge is 0.223 e. The molecule has 2 fully saturated rings. The van der Waals surface area contributed by atoms with Crippen LogP contribution in [-0.2, 0) is 11.3 Å². The average Bonchev–Trinajstić information content (AvgIpc) is 2.88. The maximum Gasteiger partial charge on any atom is 0.223 e. The molecule has 0 atom stereocenters. The first-order valence-electron chi connectivity index (χ1n) is 8.97. The Labute approximate surface area is 148 Å². The van der Waals surface area contributed by atoms with Crippen molar-refractivity contribution in [3.8, 4) is 0 Å². The van der Waals surface area contributed by atoms with Crippen LogP contribution in [0.1, 0.15) is 38.7 Å². The number of benzene rings is 1. The Morgan fingerprint density at radius 2 is 1.96 bits per heavy atom. The number of halogens is 2. The molecule has 0 radical (unpaired) electrons. The number of carbonyl (C=O) groups is 1. The molecule has 0 saturated carbocycles. The highest BCUT2D eigenvalue weighted by Gasteiger charge is 2.44. The lowest BCUT2D eigenvalue weighted by molar-refractivity contribution is -0.128. The van der Waals surface area contributed by atoms with Gasteiger partial charge in [-0.3, -0.25) is 9.69 Å². The molecule has 2 heterocycles. The van der Waals surface area contributed by atoms with Gasteiger partial charge in [0.1, 0.15) is 0 Å². The predicted molar refractivity (Wildman–Crippen MR) is 93.9 cm³/mol. The van der Waals surface area contributed by atoms with Crippen LogP contribution in [0.2, 0.25) is 0 Å². The fourth-order valence-electron chi connectivity index (χ4n) is 3.95. The number of nitrogens with zero attached hydrogens (tertiary/aromatic N) is 2. The lowest BCUT2D eigenvalue weighted by Gasteiger charge is -2.39. The van der Waals surface area contributed by atoms with Gasteiger partial charge in [0.25, 0.3) is 0 Å². The predicted octanol–water partition coefficient (Wildman–Crippen LogP) is 3.75. The van der Waals surface area contributed by atoms with Crippen LogP contribution in [0.15, 0.2) is 29.8 Å². The SMILES string of the molecule is CC=C(C)CN1CCC2(CC1)CC(=O)N(Cc1ccc(F)c(F)c1)C2. The van der Waals surface area contributed by atoms with Gasteiger partial charge < -0.3 is 4.90 Å². The molecule has 1 spiro atoms. The Balaban J connectivity index is 1.60. The molecule has 2 saturated heterocycles. The number of amides is 1. The molecule has 2 aliphatic heterocycles. The number of hydrogen-bond donors (Lipinski definition) is 0. The first kappa shape index (κ1) is 18.1. The summed E-state index contributed by atoms with van der Waals surface area (Å²) in [7, 11) is 0. The van der Waals surface area contributed by atoms with Crippen molar-refractivity contribution in [2.24, 2.45) is 5.41 Å². The van der Waals surface area contributed by atoms with Crippen LogP contribution in [0, 0.1) is 17.0 Å². The van der Waals surface area contributed by atoms with E-state index in [0.29, 0.717) is 18.5 Å². The van der Waals surface area contributed by atoms with Gasteiger partial charge in [0.15, 0.2) is 11.6 Å². The largest absolute Gasteiger partial charge is 0.338 e. The molecule has 2 aliphatic rings. The quantitative estimate of drug-likeness (QED) is 0.774. The summed E-state index contributed by atoms with van der Waals surface area (Å²) in [5.41, 5.74) is 2.07. The second-order valence-corrected chi connectivity index (χ2v) is 7.59. The maximum atomic E-state index is 13.4. The summed E-state index contributed by atoms with van der Waals surface area (Å²) in [6.07, 6.45) is 4.76. The molecule has 0 bridgehead atoms. The fourth-order valence-corrected chi connectivity index (χ4v) is 3.95. The fraction of sp³-hybridized carbons (Fsp3) is 0.550. The monoisotopic (exact) mass is 348 g/mol. The van der Waals surface area contributed by atoms with E-state index in [2.05, 4.69) is 24.8 Å². The summed E-state index contributed by atoms with van der Waals surface area (Å²) < 4.78 is 26.4. The second-order valence-electron chi connectivity index (χ2n) is 7.59. The van der Waals surface area contributed by atoms with Gasteiger partial charge >= 0.3 is 0 Å². The van der Waals surface area contributed by atoms with E-state index in [0.717, 1.165) is 45.1 Å². The third-order valence-electron chi connectivity index (χ3n) is 5.65. The lowest BCUT2D eigenvalue weighted by atomic mass is 9.77. The van der Waals surface area contributed by atoms with Crippen molar-refractivity contribution >= 4 is 5.91 Å². The number of rotatable bonds is 4. The van der Waals surface area contributed by atoms with E-state index < -0.39 is 11.6 Å². The summed E-state index contributed by atoms with van der Waals surface area (Å²) in [4.78, 5) is 16.7. The zero-order valence-corrected chi connectivity index (χ0v) is 15.0. The van der Waals surface area contributed by atoms with Crippen molar-refractivity contribution in [2.75, 3.05) is 26.2 Å². The zero-order chi connectivity index (χ0) is 18.0. The Bertz CT molecular complexity index is 678. The van der Waals surface area contributed by atoms with Crippen LogP contribution < -0.4 is 0 Å². The van der Waals surface area contributed by atoms with Crippen molar-refractivity contribution in [1.82, 2.24) is 9.80 Å². The van der Waals surface area contributed by atoms with Crippen molar-refractivity contribution in [3.05, 3.63) is 47.0 Å². The standard InChI is InChI=1S/C20H26F2N2O/c1-3-15(2)12-23-8-6-20(7-9-23)11-19(25)24(14-20)13-16-4-5-17(21)18(22)10-16/h3-5,10H,6-9,11-14H2,1-2H3. The third kappa shape index (κ3) is 4.09. The van der Waals surface area contributed by atoms with Crippen molar-refractivity contribution < 1.29 is 13.6 Å². The Morgan fingerprint density at radius 1 is 1.24 bits per heavy atom. The first-order valence-corrected chi connectivity index (χ1v) is 8.97. The van der Waals surface area contributed by atoms with Gasteiger partial charge in [-0.1, -0.05) is 17.7 Å². The molecule has 136 valence electrons. The molecule has 0 unspecified atom stereocenters. The summed E-state index contributed by atoms with van der Waals surface area (Å²) in [5, 5.41) is 0. The van der Waals surface area contributed by atoms with Crippen LogP contribution in [0.3, 0.4) is 0 Å². The van der Waals surface area contributed by atoms with E-state index >= 15 is 0 Å². The Morgan fingerprint density at radius 3 is 2.60 bits per heavy atom. The molecule has 0 aliphatic carbocycles. The Hall–Kier alpha value is -1.75. The van der Waals surface area contributed by atoms with Crippen LogP contribution in [0.25, 0.3) is 0 Å². The minimum Gasteiger partial charge on any atom is -0.338 e. The second kappa shape index (κ2) is 7.24. The van der Waals surface area contributed by atoms with Crippen molar-refractivity contribution in [2.45, 2.75) is 39.7 Å². The molecule has 0 N–H and O–H groups in total. The maximum absolute atomic E-state index is 13.4. The zero-order valence-electron chi connectivity index (χ0n) is 15.0. The molecule has 3 nitrogen and oxygen atoms in total. The van der Waals surface area contributed by atoms with E-state index in [-0.39, 0.29) is 11.3 Å². The molecular formula is C20H26F2N2O. The number of piperidine rings is 1. The van der Waals surface area contributed by atoms with Crippen LogP contribution in [-0.4, -0.2) is 41.9 Å². The van der Waals surface area contributed by atoms with Gasteiger partial charge in [0.2, 0.25) is 5.91 Å². The third-order valence-corrected chi connectivity index (χ3v) is 5.65. The highest BCUT2D eigenvalue weighted by molar-refractivity contribution is 5.79. The normalized spacial score (nSPS) is 21.4. The molecule has 1 amide bonds. The molecule has 1 aromatic rings. The van der Waals surface area contributed by atoms with Gasteiger partial charge in [0.05, 0.1) is 0 Å². The number of hydrogen-bond acceptors (Lipinski definition) is 2. The first-order chi connectivity index (χ1) is 11.9. The minimum absolute atomic E-state index is 0.0516. The summed E-state index contributed by atoms with van der Waals surface area (Å²) in [5.74, 6) is -1.58. The number of allylic oxidation sites excluding steroid dienone is 1. The van der Waals surface area contributed by atoms with E-state index in [9.17, 15) is 13.6 Å². The molecule has 3 rings (SSSR count). The van der Waals surface area contributed by atoms with Gasteiger partial charge in [0, 0.05) is 26.1 Å². The van der Waals surface area contributed by atoms with Crippen LogP contribution in [0.4, 0.5) is 8.78 Å². The van der Waals surface area contributed by atoms with Crippen molar-refractivity contribution in [3.63, 3.8) is 0 Å². The van der Waals surface area contributed by atoms with Gasteiger partial charge in [-0.05, 0) is 62.9 Å². The summed E-state index contributed by atoms with van der Waals surface area (Å²) in [6.45, 7) is 8.31. The minimum atomic E-state index is -0.855. The highest BCUT2D eigenvalue weighted by Crippen LogP contribution is 2.41. The Kier molecular flexibility index (Phi) is 5.23. The van der Waals surface area contributed by atoms with E-state index in [1.165, 1.54) is 11.6 Å². The van der Waals surface area contributed by atoms with Crippen LogP contribution in [0.5, 0.6) is 0 Å². The molecule has 25 heavy (non-hydrogen) atoms. The average molecular weight is 348 g/mol. The molecule has 1 aromatic carbocycles. The van der Waals surface area contributed by atoms with Crippen LogP contribution >= 0.6 is 0 Å². The molecule has 0 aromatic heterocycles. The molecule has 5 heteroatoms. The van der Waals surface area contributed by atoms with E-state index in [4.69, 9.17) is 0 Å². The van der Waals surface area contributed by atoms with Crippen molar-refractivity contribution in [1.29, 1.82) is 0 Å². The molecular weight excluding hydrogens is 322 g/mol. The topological polar surface area (TPSA) is 23.6 Å². The summed E-state index contributed by atoms with van der Waals surface area (Å²) >= 11 is 0. The van der Waals surface area contributed by atoms with E-state index in [1.807, 2.05) is 0 Å². The number of likely N-dealkylation sites (tertiary alicyclic amines) is 2. The number of carbonyl (C=O) groups excluding carboxylic acids is 1. The van der Waals surface area contributed by atoms with Gasteiger partial charge in [-0.2, -0.15) is 0 Å². The van der Waals surface area contributed by atoms with Gasteiger partial charge in [-0.15, -0.1) is 0 Å². The van der Waals surface area contributed by atoms with Gasteiger partial charge in [-0.25, -0.2) is 8.78 Å². The lowest BCUT2D eigenvalue weighted by Crippen LogP contribution is -2.42. The summed E-state index contributed by atoms with van der Waals surface area (Å²) in [6, 6.07) is 3.87. The highest BCUT2D eigenvalue weighted by atomic mass is 19.2.